The van der Waals surface area contributed by atoms with Crippen LogP contribution in [-0.4, -0.2) is 0 Å². The van der Waals surface area contributed by atoms with E-state index in [4.69, 9.17) is 23.2 Å². The van der Waals surface area contributed by atoms with Crippen LogP contribution in [0.3, 0.4) is 0 Å². The molecule has 1 aromatic carbocycles. The zero-order chi connectivity index (χ0) is 14.5. The second-order valence-electron chi connectivity index (χ2n) is 5.05. The van der Waals surface area contributed by atoms with Gasteiger partial charge in [-0.2, -0.15) is 0 Å². The van der Waals surface area contributed by atoms with Crippen molar-refractivity contribution >= 4 is 23.2 Å². The number of aromatic nitrogens is 1. The van der Waals surface area contributed by atoms with Crippen molar-refractivity contribution in [3.63, 3.8) is 0 Å². The van der Waals surface area contributed by atoms with E-state index in [1.807, 2.05) is 12.1 Å². The van der Waals surface area contributed by atoms with Crippen LogP contribution in [0.4, 0.5) is 0 Å². The highest BCUT2D eigenvalue weighted by molar-refractivity contribution is 6.35. The third-order valence-corrected chi connectivity index (χ3v) is 4.33. The molecular weight excluding hydrogens is 289 g/mol. The first-order valence-electron chi connectivity index (χ1n) is 7.07. The smallest absolute Gasteiger partial charge is 0.175 e. The van der Waals surface area contributed by atoms with Gasteiger partial charge in [0, 0.05) is 22.7 Å². The number of pyridine rings is 1. The minimum absolute atomic E-state index is 0.656. The molecule has 1 aromatic heterocycles. The number of nitrogens with zero attached hydrogens (tertiary/aromatic N) is 1. The summed E-state index contributed by atoms with van der Waals surface area (Å²) in [5.74, 6) is 0.656. The number of benzene rings is 1. The molecule has 3 heteroatoms. The summed E-state index contributed by atoms with van der Waals surface area (Å²) in [6.45, 7) is 5.24. The van der Waals surface area contributed by atoms with Crippen molar-refractivity contribution in [2.75, 3.05) is 0 Å². The Labute approximate surface area is 131 Å². The number of hydrogen-bond acceptors (Lipinski definition) is 0. The Hall–Kier alpha value is -1.05. The molecule has 0 amide bonds. The standard InChI is InChI=1S/C17H20Cl2N/c1-3-13(4-2)14-7-9-20(10-8-14)12-15-5-6-16(18)11-17(15)19/h5-11,13H,3-4,12H2,1-2H3/q+1. The van der Waals surface area contributed by atoms with Gasteiger partial charge in [0.25, 0.3) is 0 Å². The highest BCUT2D eigenvalue weighted by Crippen LogP contribution is 2.22. The van der Waals surface area contributed by atoms with E-state index in [1.54, 1.807) is 6.07 Å². The van der Waals surface area contributed by atoms with Gasteiger partial charge in [0.15, 0.2) is 18.9 Å². The van der Waals surface area contributed by atoms with E-state index < -0.39 is 0 Å². The molecule has 0 aliphatic heterocycles. The number of hydrogen-bond donors (Lipinski definition) is 0. The van der Waals surface area contributed by atoms with Crippen LogP contribution < -0.4 is 4.57 Å². The minimum Gasteiger partial charge on any atom is -0.201 e. The van der Waals surface area contributed by atoms with Gasteiger partial charge in [0.1, 0.15) is 0 Å². The van der Waals surface area contributed by atoms with Crippen molar-refractivity contribution in [3.05, 3.63) is 63.9 Å². The molecule has 0 N–H and O–H groups in total. The van der Waals surface area contributed by atoms with Gasteiger partial charge in [0.2, 0.25) is 0 Å². The van der Waals surface area contributed by atoms with Crippen LogP contribution in [0.15, 0.2) is 42.7 Å². The van der Waals surface area contributed by atoms with Crippen LogP contribution in [0.1, 0.15) is 43.7 Å². The van der Waals surface area contributed by atoms with Crippen LogP contribution >= 0.6 is 23.2 Å². The summed E-state index contributed by atoms with van der Waals surface area (Å²) in [6.07, 6.45) is 6.62. The first kappa shape index (κ1) is 15.3. The molecule has 0 unspecified atom stereocenters. The summed E-state index contributed by atoms with van der Waals surface area (Å²) in [7, 11) is 0. The lowest BCUT2D eigenvalue weighted by atomic mass is 9.95. The van der Waals surface area contributed by atoms with Crippen molar-refractivity contribution in [1.29, 1.82) is 0 Å². The average molecular weight is 309 g/mol. The predicted molar refractivity (Wildman–Crippen MR) is 85.5 cm³/mol. The second kappa shape index (κ2) is 7.10. The first-order valence-corrected chi connectivity index (χ1v) is 7.82. The maximum Gasteiger partial charge on any atom is 0.175 e. The van der Waals surface area contributed by atoms with E-state index in [1.165, 1.54) is 18.4 Å². The maximum absolute atomic E-state index is 6.21. The van der Waals surface area contributed by atoms with Gasteiger partial charge in [-0.05, 0) is 42.5 Å². The summed E-state index contributed by atoms with van der Waals surface area (Å²) in [6, 6.07) is 10.1. The Kier molecular flexibility index (Phi) is 5.45. The fourth-order valence-electron chi connectivity index (χ4n) is 2.45. The number of rotatable bonds is 5. The molecule has 20 heavy (non-hydrogen) atoms. The van der Waals surface area contributed by atoms with E-state index in [0.29, 0.717) is 16.0 Å². The van der Waals surface area contributed by atoms with Crippen molar-refractivity contribution in [2.24, 2.45) is 0 Å². The molecule has 106 valence electrons. The fourth-order valence-corrected chi connectivity index (χ4v) is 2.92. The molecule has 0 radical (unpaired) electrons. The van der Waals surface area contributed by atoms with Crippen molar-refractivity contribution < 1.29 is 4.57 Å². The molecule has 0 fully saturated rings. The van der Waals surface area contributed by atoms with E-state index in [9.17, 15) is 0 Å². The molecule has 0 spiro atoms. The molecule has 1 nitrogen and oxygen atoms in total. The Bertz CT molecular complexity index is 560. The van der Waals surface area contributed by atoms with Crippen LogP contribution in [0, 0.1) is 0 Å². The molecule has 1 heterocycles. The van der Waals surface area contributed by atoms with Crippen molar-refractivity contribution in [2.45, 2.75) is 39.2 Å². The Morgan fingerprint density at radius 1 is 1.00 bits per heavy atom. The SMILES string of the molecule is CCC(CC)c1cc[n+](Cc2ccc(Cl)cc2Cl)cc1. The largest absolute Gasteiger partial charge is 0.201 e. The van der Waals surface area contributed by atoms with E-state index in [2.05, 4.69) is 42.9 Å². The third-order valence-electron chi connectivity index (χ3n) is 3.74. The molecule has 0 bridgehead atoms. The maximum atomic E-state index is 6.21. The Morgan fingerprint density at radius 3 is 2.20 bits per heavy atom. The van der Waals surface area contributed by atoms with Gasteiger partial charge in [-0.1, -0.05) is 37.0 Å². The van der Waals surface area contributed by atoms with Gasteiger partial charge in [-0.15, -0.1) is 0 Å². The van der Waals surface area contributed by atoms with Gasteiger partial charge < -0.3 is 0 Å². The van der Waals surface area contributed by atoms with Crippen LogP contribution in [0.2, 0.25) is 10.0 Å². The van der Waals surface area contributed by atoms with Crippen LogP contribution in [-0.2, 0) is 6.54 Å². The molecule has 2 aromatic rings. The highest BCUT2D eigenvalue weighted by Gasteiger charge is 2.11. The molecule has 0 aliphatic rings. The first-order chi connectivity index (χ1) is 9.63. The summed E-state index contributed by atoms with van der Waals surface area (Å²) < 4.78 is 2.14. The monoisotopic (exact) mass is 308 g/mol. The van der Waals surface area contributed by atoms with Gasteiger partial charge in [0.05, 0.1) is 5.02 Å². The number of halogens is 2. The van der Waals surface area contributed by atoms with E-state index in [-0.39, 0.29) is 0 Å². The summed E-state index contributed by atoms with van der Waals surface area (Å²) >= 11 is 12.1. The summed E-state index contributed by atoms with van der Waals surface area (Å²) in [5.41, 5.74) is 2.49. The lowest BCUT2D eigenvalue weighted by molar-refractivity contribution is -0.688. The van der Waals surface area contributed by atoms with Crippen molar-refractivity contribution in [3.8, 4) is 0 Å². The van der Waals surface area contributed by atoms with E-state index in [0.717, 1.165) is 12.1 Å². The molecule has 2 rings (SSSR count). The minimum atomic E-state index is 0.656. The van der Waals surface area contributed by atoms with Crippen molar-refractivity contribution in [1.82, 2.24) is 0 Å². The summed E-state index contributed by atoms with van der Waals surface area (Å²) in [4.78, 5) is 0. The predicted octanol–water partition coefficient (Wildman–Crippen LogP) is 5.23. The fraction of sp³-hybridized carbons (Fsp3) is 0.353. The lowest BCUT2D eigenvalue weighted by Gasteiger charge is -2.11. The van der Waals surface area contributed by atoms with Gasteiger partial charge in [-0.25, -0.2) is 4.57 Å². The van der Waals surface area contributed by atoms with Crippen LogP contribution in [0.5, 0.6) is 0 Å². The Balaban J connectivity index is 2.14. The topological polar surface area (TPSA) is 3.88 Å². The zero-order valence-electron chi connectivity index (χ0n) is 11.9. The Morgan fingerprint density at radius 2 is 1.65 bits per heavy atom. The normalized spacial score (nSPS) is 11.1. The molecule has 0 saturated carbocycles. The molecule has 0 atom stereocenters. The zero-order valence-corrected chi connectivity index (χ0v) is 13.5. The summed E-state index contributed by atoms with van der Waals surface area (Å²) in [5, 5.41) is 1.39. The molecule has 0 aliphatic carbocycles. The van der Waals surface area contributed by atoms with E-state index >= 15 is 0 Å². The second-order valence-corrected chi connectivity index (χ2v) is 5.90. The van der Waals surface area contributed by atoms with Gasteiger partial charge in [-0.3, -0.25) is 0 Å². The third kappa shape index (κ3) is 3.74. The quantitative estimate of drug-likeness (QED) is 0.666. The van der Waals surface area contributed by atoms with Gasteiger partial charge >= 0.3 is 0 Å². The highest BCUT2D eigenvalue weighted by atomic mass is 35.5. The molecule has 0 saturated heterocycles. The van der Waals surface area contributed by atoms with Crippen LogP contribution in [0.25, 0.3) is 0 Å². The average Bonchev–Trinajstić information content (AvgIpc) is 2.45. The lowest BCUT2D eigenvalue weighted by Crippen LogP contribution is -2.33. The molecular formula is C17H20Cl2N+.